The molecule has 1 saturated carbocycles. The number of aliphatic hydroxyl groups is 2. The van der Waals surface area contributed by atoms with Gasteiger partial charge in [0.15, 0.2) is 5.79 Å². The van der Waals surface area contributed by atoms with Crippen molar-refractivity contribution in [3.05, 3.63) is 11.0 Å². The number of carboxylic acid groups (broad SMARTS) is 1. The van der Waals surface area contributed by atoms with Crippen molar-refractivity contribution in [1.29, 1.82) is 0 Å². The minimum atomic E-state index is -1.79. The zero-order chi connectivity index (χ0) is 8.93. The van der Waals surface area contributed by atoms with E-state index in [1.807, 2.05) is 0 Å². The van der Waals surface area contributed by atoms with Gasteiger partial charge in [0.25, 0.3) is 0 Å². The molecule has 0 aromatic carbocycles. The highest BCUT2D eigenvalue weighted by atomic mass is 32.2. The SMILES string of the molecule is O=C(O)C1=CSC2CC(O)(O)C12. The maximum absolute atomic E-state index is 10.6. The van der Waals surface area contributed by atoms with Gasteiger partial charge in [-0.15, -0.1) is 11.8 Å². The van der Waals surface area contributed by atoms with Crippen molar-refractivity contribution in [2.45, 2.75) is 17.5 Å². The molecule has 2 unspecified atom stereocenters. The molecule has 0 saturated heterocycles. The van der Waals surface area contributed by atoms with Gasteiger partial charge in [0, 0.05) is 11.7 Å². The Bertz CT molecular complexity index is 271. The Morgan fingerprint density at radius 2 is 2.33 bits per heavy atom. The average Bonchev–Trinajstić information content (AvgIpc) is 2.27. The highest BCUT2D eigenvalue weighted by molar-refractivity contribution is 8.03. The van der Waals surface area contributed by atoms with E-state index in [4.69, 9.17) is 5.11 Å². The predicted molar refractivity (Wildman–Crippen MR) is 42.4 cm³/mol. The Kier molecular flexibility index (Phi) is 1.51. The fourth-order valence-corrected chi connectivity index (χ4v) is 3.10. The molecule has 2 rings (SSSR count). The second-order valence-electron chi connectivity index (χ2n) is 3.11. The zero-order valence-electron chi connectivity index (χ0n) is 6.10. The molecule has 2 atom stereocenters. The van der Waals surface area contributed by atoms with E-state index in [-0.39, 0.29) is 17.2 Å². The fraction of sp³-hybridized carbons (Fsp3) is 0.571. The van der Waals surface area contributed by atoms with Gasteiger partial charge in [0.2, 0.25) is 0 Å². The minimum Gasteiger partial charge on any atom is -0.478 e. The third kappa shape index (κ3) is 0.903. The van der Waals surface area contributed by atoms with Gasteiger partial charge in [0.05, 0.1) is 11.5 Å². The third-order valence-electron chi connectivity index (χ3n) is 2.32. The Hall–Kier alpha value is -0.520. The van der Waals surface area contributed by atoms with Crippen LogP contribution in [0.2, 0.25) is 0 Å². The van der Waals surface area contributed by atoms with Crippen LogP contribution in [-0.2, 0) is 4.79 Å². The summed E-state index contributed by atoms with van der Waals surface area (Å²) in [6.07, 6.45) is 0.260. The first-order valence-corrected chi connectivity index (χ1v) is 4.50. The first-order chi connectivity index (χ1) is 5.52. The molecule has 1 aliphatic carbocycles. The molecule has 0 amide bonds. The van der Waals surface area contributed by atoms with Crippen LogP contribution in [0, 0.1) is 5.92 Å². The lowest BCUT2D eigenvalue weighted by molar-refractivity contribution is -0.238. The van der Waals surface area contributed by atoms with E-state index >= 15 is 0 Å². The number of carboxylic acids is 1. The summed E-state index contributed by atoms with van der Waals surface area (Å²) in [5.74, 6) is -3.44. The molecule has 0 spiro atoms. The molecular weight excluding hydrogens is 180 g/mol. The van der Waals surface area contributed by atoms with E-state index in [9.17, 15) is 15.0 Å². The van der Waals surface area contributed by atoms with Crippen LogP contribution >= 0.6 is 11.8 Å². The van der Waals surface area contributed by atoms with E-state index in [0.717, 1.165) is 0 Å². The van der Waals surface area contributed by atoms with Gasteiger partial charge in [-0.3, -0.25) is 0 Å². The maximum atomic E-state index is 10.6. The lowest BCUT2D eigenvalue weighted by Crippen LogP contribution is -2.55. The minimum absolute atomic E-state index is 0.0473. The number of fused-ring (bicyclic) bond motifs is 1. The van der Waals surface area contributed by atoms with Crippen molar-refractivity contribution in [2.24, 2.45) is 5.92 Å². The van der Waals surface area contributed by atoms with Crippen LogP contribution in [0.3, 0.4) is 0 Å². The van der Waals surface area contributed by atoms with E-state index in [2.05, 4.69) is 0 Å². The van der Waals surface area contributed by atoms with Crippen LogP contribution in [0.5, 0.6) is 0 Å². The van der Waals surface area contributed by atoms with Gasteiger partial charge in [-0.1, -0.05) is 0 Å². The molecule has 1 aliphatic heterocycles. The van der Waals surface area contributed by atoms with Crippen LogP contribution in [-0.4, -0.2) is 32.3 Å². The van der Waals surface area contributed by atoms with Crippen LogP contribution < -0.4 is 0 Å². The summed E-state index contributed by atoms with van der Waals surface area (Å²) < 4.78 is 0. The number of carbonyl (C=O) groups is 1. The lowest BCUT2D eigenvalue weighted by atomic mass is 9.73. The van der Waals surface area contributed by atoms with Crippen LogP contribution in [0.25, 0.3) is 0 Å². The number of hydrogen-bond donors (Lipinski definition) is 3. The second kappa shape index (κ2) is 2.25. The van der Waals surface area contributed by atoms with Gasteiger partial charge in [0.1, 0.15) is 0 Å². The number of rotatable bonds is 1. The Balaban J connectivity index is 2.23. The first kappa shape index (κ1) is 8.10. The molecule has 0 bridgehead atoms. The van der Waals surface area contributed by atoms with E-state index < -0.39 is 17.7 Å². The molecule has 5 heteroatoms. The Morgan fingerprint density at radius 3 is 2.75 bits per heavy atom. The molecule has 0 aromatic heterocycles. The quantitative estimate of drug-likeness (QED) is 0.495. The Morgan fingerprint density at radius 1 is 1.67 bits per heavy atom. The fourth-order valence-electron chi connectivity index (χ4n) is 1.67. The van der Waals surface area contributed by atoms with Crippen LogP contribution in [0.15, 0.2) is 11.0 Å². The predicted octanol–water partition coefficient (Wildman–Crippen LogP) is -0.229. The van der Waals surface area contributed by atoms with Crippen molar-refractivity contribution < 1.29 is 20.1 Å². The van der Waals surface area contributed by atoms with Gasteiger partial charge in [-0.05, 0) is 5.41 Å². The van der Waals surface area contributed by atoms with Gasteiger partial charge in [-0.25, -0.2) is 4.79 Å². The van der Waals surface area contributed by atoms with E-state index in [1.54, 1.807) is 0 Å². The topological polar surface area (TPSA) is 77.8 Å². The van der Waals surface area contributed by atoms with Crippen molar-refractivity contribution in [1.82, 2.24) is 0 Å². The molecular formula is C7H8O4S. The summed E-state index contributed by atoms with van der Waals surface area (Å²) in [4.78, 5) is 10.6. The molecule has 4 nitrogen and oxygen atoms in total. The largest absolute Gasteiger partial charge is 0.478 e. The van der Waals surface area contributed by atoms with Crippen molar-refractivity contribution in [3.63, 3.8) is 0 Å². The number of aliphatic carboxylic acids is 1. The molecule has 12 heavy (non-hydrogen) atoms. The molecule has 0 aromatic rings. The standard InChI is InChI=1S/C7H8O4S/c8-6(9)3-2-12-4-1-7(10,11)5(3)4/h2,4-5,10-11H,1H2,(H,8,9). The summed E-state index contributed by atoms with van der Waals surface area (Å²) in [5.41, 5.74) is 0.126. The molecule has 2 aliphatic rings. The van der Waals surface area contributed by atoms with E-state index in [0.29, 0.717) is 0 Å². The summed E-state index contributed by atoms with van der Waals surface area (Å²) >= 11 is 1.37. The van der Waals surface area contributed by atoms with Crippen molar-refractivity contribution in [3.8, 4) is 0 Å². The molecule has 3 N–H and O–H groups in total. The highest BCUT2D eigenvalue weighted by Gasteiger charge is 2.57. The first-order valence-electron chi connectivity index (χ1n) is 3.56. The smallest absolute Gasteiger partial charge is 0.332 e. The summed E-state index contributed by atoms with van der Waals surface area (Å²) in [6, 6.07) is 0. The number of thioether (sulfide) groups is 1. The molecule has 0 radical (unpaired) electrons. The number of hydrogen-bond acceptors (Lipinski definition) is 4. The van der Waals surface area contributed by atoms with Gasteiger partial charge >= 0.3 is 5.97 Å². The third-order valence-corrected chi connectivity index (χ3v) is 3.50. The summed E-state index contributed by atoms with van der Waals surface area (Å²) in [6.45, 7) is 0. The van der Waals surface area contributed by atoms with Crippen molar-refractivity contribution in [2.75, 3.05) is 0 Å². The summed E-state index contributed by atoms with van der Waals surface area (Å²) in [5, 5.41) is 28.7. The van der Waals surface area contributed by atoms with Gasteiger partial charge in [-0.2, -0.15) is 0 Å². The van der Waals surface area contributed by atoms with E-state index in [1.165, 1.54) is 17.2 Å². The second-order valence-corrected chi connectivity index (χ2v) is 4.23. The van der Waals surface area contributed by atoms with Crippen LogP contribution in [0.4, 0.5) is 0 Å². The zero-order valence-corrected chi connectivity index (χ0v) is 6.91. The normalized spacial score (nSPS) is 36.7. The van der Waals surface area contributed by atoms with Crippen LogP contribution in [0.1, 0.15) is 6.42 Å². The summed E-state index contributed by atoms with van der Waals surface area (Å²) in [7, 11) is 0. The maximum Gasteiger partial charge on any atom is 0.332 e. The average molecular weight is 188 g/mol. The highest BCUT2D eigenvalue weighted by Crippen LogP contribution is 2.53. The Labute approximate surface area is 72.9 Å². The van der Waals surface area contributed by atoms with Crippen molar-refractivity contribution >= 4 is 17.7 Å². The molecule has 1 heterocycles. The monoisotopic (exact) mass is 188 g/mol. The molecule has 1 fully saturated rings. The van der Waals surface area contributed by atoms with Gasteiger partial charge < -0.3 is 15.3 Å². The lowest BCUT2D eigenvalue weighted by Gasteiger charge is -2.44. The molecule has 66 valence electrons.